The minimum atomic E-state index is -0.0547. The third-order valence-corrected chi connectivity index (χ3v) is 5.55. The van der Waals surface area contributed by atoms with E-state index >= 15 is 0 Å². The molecular weight excluding hydrogens is 276 g/mol. The molecule has 3 heteroatoms. The van der Waals surface area contributed by atoms with Crippen molar-refractivity contribution >= 4 is 11.4 Å². The van der Waals surface area contributed by atoms with Gasteiger partial charge in [-0.25, -0.2) is 0 Å². The molecule has 114 valence electrons. The van der Waals surface area contributed by atoms with Crippen molar-refractivity contribution in [3.05, 3.63) is 47.2 Å². The second-order valence-corrected chi connectivity index (χ2v) is 6.50. The van der Waals surface area contributed by atoms with Crippen LogP contribution >= 0.6 is 0 Å². The zero-order chi connectivity index (χ0) is 15.4. The van der Waals surface area contributed by atoms with Crippen molar-refractivity contribution in [1.82, 2.24) is 0 Å². The fourth-order valence-electron chi connectivity index (χ4n) is 4.51. The summed E-state index contributed by atoms with van der Waals surface area (Å²) in [5.41, 5.74) is 2.46. The first kappa shape index (κ1) is 13.6. The van der Waals surface area contributed by atoms with E-state index in [0.29, 0.717) is 23.2 Å². The van der Waals surface area contributed by atoms with Gasteiger partial charge in [-0.15, -0.1) is 0 Å². The summed E-state index contributed by atoms with van der Waals surface area (Å²) in [5, 5.41) is 10.8. The summed E-state index contributed by atoms with van der Waals surface area (Å²) in [6.45, 7) is 2.06. The van der Waals surface area contributed by atoms with E-state index < -0.39 is 0 Å². The van der Waals surface area contributed by atoms with Gasteiger partial charge in [-0.3, -0.25) is 4.79 Å². The standard InChI is InChI=1S/C19H20O3/c1-3-10-6-7-13(22-2)9-14(10)17-18(20)15-11-4-5-12(8-11)16(15)19(17)21/h4-7,9,11-12,15-16,20H,3,8H2,1-2H3/t11-,12+,15?,16?/m1/s1. The first-order valence-electron chi connectivity index (χ1n) is 7.98. The lowest BCUT2D eigenvalue weighted by Crippen LogP contribution is -2.22. The third kappa shape index (κ3) is 1.65. The Kier molecular flexibility index (Phi) is 2.93. The summed E-state index contributed by atoms with van der Waals surface area (Å²) in [6.07, 6.45) is 6.16. The maximum absolute atomic E-state index is 13.0. The van der Waals surface area contributed by atoms with Gasteiger partial charge in [-0.2, -0.15) is 0 Å². The number of methoxy groups -OCH3 is 1. The Bertz CT molecular complexity index is 713. The Hall–Kier alpha value is -2.03. The van der Waals surface area contributed by atoms with Crippen molar-refractivity contribution in [2.45, 2.75) is 19.8 Å². The zero-order valence-electron chi connectivity index (χ0n) is 12.9. The lowest BCUT2D eigenvalue weighted by atomic mass is 9.84. The van der Waals surface area contributed by atoms with Crippen LogP contribution in [0.25, 0.3) is 5.57 Å². The molecule has 0 heterocycles. The van der Waals surface area contributed by atoms with Crippen LogP contribution in [0.15, 0.2) is 36.1 Å². The molecule has 0 saturated heterocycles. The Morgan fingerprint density at radius 2 is 1.95 bits per heavy atom. The highest BCUT2D eigenvalue weighted by Gasteiger charge is 2.55. The maximum atomic E-state index is 13.0. The van der Waals surface area contributed by atoms with Crippen LogP contribution in [0.2, 0.25) is 0 Å². The van der Waals surface area contributed by atoms with Gasteiger partial charge in [0.2, 0.25) is 0 Å². The molecule has 2 unspecified atom stereocenters. The molecule has 3 aliphatic rings. The molecule has 22 heavy (non-hydrogen) atoms. The van der Waals surface area contributed by atoms with Crippen LogP contribution in [0.5, 0.6) is 5.75 Å². The number of carbonyl (C=O) groups is 1. The number of benzene rings is 1. The zero-order valence-corrected chi connectivity index (χ0v) is 12.9. The molecule has 0 spiro atoms. The van der Waals surface area contributed by atoms with Crippen molar-refractivity contribution in [3.63, 3.8) is 0 Å². The fourth-order valence-corrected chi connectivity index (χ4v) is 4.51. The van der Waals surface area contributed by atoms with Crippen LogP contribution in [-0.2, 0) is 11.2 Å². The van der Waals surface area contributed by atoms with Crippen LogP contribution in [0.4, 0.5) is 0 Å². The number of hydrogen-bond acceptors (Lipinski definition) is 3. The van der Waals surface area contributed by atoms with E-state index in [1.165, 1.54) is 0 Å². The molecule has 3 aliphatic carbocycles. The van der Waals surface area contributed by atoms with E-state index in [-0.39, 0.29) is 17.6 Å². The molecule has 1 fully saturated rings. The predicted molar refractivity (Wildman–Crippen MR) is 84.6 cm³/mol. The first-order chi connectivity index (χ1) is 10.7. The van der Waals surface area contributed by atoms with E-state index in [0.717, 1.165) is 29.7 Å². The molecule has 0 aromatic heterocycles. The van der Waals surface area contributed by atoms with Crippen LogP contribution in [-0.4, -0.2) is 18.0 Å². The van der Waals surface area contributed by atoms with Crippen molar-refractivity contribution in [1.29, 1.82) is 0 Å². The second-order valence-electron chi connectivity index (χ2n) is 6.50. The molecule has 0 aliphatic heterocycles. The number of rotatable bonds is 3. The molecule has 2 bridgehead atoms. The monoisotopic (exact) mass is 296 g/mol. The number of ketones is 1. The van der Waals surface area contributed by atoms with E-state index in [1.54, 1.807) is 7.11 Å². The second kappa shape index (κ2) is 4.73. The summed E-state index contributed by atoms with van der Waals surface area (Å²) >= 11 is 0. The summed E-state index contributed by atoms with van der Waals surface area (Å²) in [5.74, 6) is 1.70. The van der Waals surface area contributed by atoms with Gasteiger partial charge in [-0.1, -0.05) is 25.1 Å². The van der Waals surface area contributed by atoms with Gasteiger partial charge in [0.05, 0.1) is 12.7 Å². The summed E-state index contributed by atoms with van der Waals surface area (Å²) in [6, 6.07) is 5.78. The van der Waals surface area contributed by atoms with Gasteiger partial charge < -0.3 is 9.84 Å². The SMILES string of the molecule is CCc1ccc(OC)cc1C1=C(O)C2C(C1=O)[C@H]1C=C[C@@H]2C1. The topological polar surface area (TPSA) is 46.5 Å². The molecule has 1 aromatic carbocycles. The normalized spacial score (nSPS) is 32.0. The number of ether oxygens (including phenoxy) is 1. The van der Waals surface area contributed by atoms with Crippen LogP contribution in [0.3, 0.4) is 0 Å². The van der Waals surface area contributed by atoms with Crippen molar-refractivity contribution in [2.75, 3.05) is 7.11 Å². The van der Waals surface area contributed by atoms with E-state index in [1.807, 2.05) is 18.2 Å². The first-order valence-corrected chi connectivity index (χ1v) is 7.98. The Balaban J connectivity index is 1.85. The van der Waals surface area contributed by atoms with Crippen molar-refractivity contribution in [2.24, 2.45) is 23.7 Å². The van der Waals surface area contributed by atoms with Crippen molar-refractivity contribution < 1.29 is 14.6 Å². The van der Waals surface area contributed by atoms with Crippen molar-refractivity contribution in [3.8, 4) is 5.75 Å². The largest absolute Gasteiger partial charge is 0.511 e. The average molecular weight is 296 g/mol. The number of hydrogen-bond donors (Lipinski definition) is 1. The van der Waals surface area contributed by atoms with Crippen LogP contribution in [0.1, 0.15) is 24.5 Å². The van der Waals surface area contributed by atoms with Gasteiger partial charge in [0.15, 0.2) is 5.78 Å². The summed E-state index contributed by atoms with van der Waals surface area (Å²) < 4.78 is 5.31. The minimum absolute atomic E-state index is 0.00610. The van der Waals surface area contributed by atoms with Gasteiger partial charge in [0, 0.05) is 11.8 Å². The number of aryl methyl sites for hydroxylation is 1. The molecule has 0 radical (unpaired) electrons. The summed E-state index contributed by atoms with van der Waals surface area (Å²) in [4.78, 5) is 13.0. The average Bonchev–Trinajstić information content (AvgIpc) is 3.21. The number of carbonyl (C=O) groups excluding carboxylic acids is 1. The molecule has 1 aromatic rings. The highest BCUT2D eigenvalue weighted by molar-refractivity contribution is 6.25. The molecule has 1 saturated carbocycles. The number of aliphatic hydroxyl groups is 1. The highest BCUT2D eigenvalue weighted by atomic mass is 16.5. The van der Waals surface area contributed by atoms with E-state index in [2.05, 4.69) is 19.1 Å². The smallest absolute Gasteiger partial charge is 0.171 e. The fraction of sp³-hybridized carbons (Fsp3) is 0.421. The number of allylic oxidation sites excluding steroid dienone is 4. The van der Waals surface area contributed by atoms with Gasteiger partial charge in [-0.05, 0) is 47.9 Å². The van der Waals surface area contributed by atoms with Gasteiger partial charge >= 0.3 is 0 Å². The molecule has 4 atom stereocenters. The molecular formula is C19H20O3. The molecule has 0 amide bonds. The van der Waals surface area contributed by atoms with Crippen LogP contribution in [0, 0.1) is 23.7 Å². The predicted octanol–water partition coefficient (Wildman–Crippen LogP) is 3.55. The number of fused-ring (bicyclic) bond motifs is 5. The third-order valence-electron chi connectivity index (χ3n) is 5.55. The Morgan fingerprint density at radius 1 is 1.23 bits per heavy atom. The lowest BCUT2D eigenvalue weighted by molar-refractivity contribution is -0.118. The van der Waals surface area contributed by atoms with E-state index in [4.69, 9.17) is 4.74 Å². The number of Topliss-reactive ketones (excluding diaryl/α,β-unsaturated/α-hetero) is 1. The quantitative estimate of drug-likeness (QED) is 0.868. The lowest BCUT2D eigenvalue weighted by Gasteiger charge is -2.19. The van der Waals surface area contributed by atoms with Gasteiger partial charge in [0.25, 0.3) is 0 Å². The molecule has 4 rings (SSSR count). The van der Waals surface area contributed by atoms with Gasteiger partial charge in [0.1, 0.15) is 11.5 Å². The molecule has 1 N–H and O–H groups in total. The minimum Gasteiger partial charge on any atom is -0.511 e. The Morgan fingerprint density at radius 3 is 2.59 bits per heavy atom. The van der Waals surface area contributed by atoms with E-state index in [9.17, 15) is 9.90 Å². The highest BCUT2D eigenvalue weighted by Crippen LogP contribution is 2.57. The number of aliphatic hydroxyl groups excluding tert-OH is 1. The maximum Gasteiger partial charge on any atom is 0.171 e. The van der Waals surface area contributed by atoms with Crippen LogP contribution < -0.4 is 4.74 Å². The molecule has 3 nitrogen and oxygen atoms in total. The summed E-state index contributed by atoms with van der Waals surface area (Å²) in [7, 11) is 1.62. The Labute approximate surface area is 130 Å².